The maximum absolute atomic E-state index is 13.0. The number of nitrogens with one attached hydrogen (secondary N) is 1. The number of aromatic nitrogens is 2. The maximum Gasteiger partial charge on any atom is 0.335 e. The zero-order valence-electron chi connectivity index (χ0n) is 25.0. The first kappa shape index (κ1) is 31.3. The molecule has 0 spiro atoms. The Morgan fingerprint density at radius 1 is 0.902 bits per heavy atom. The SMILES string of the molecule is CC(C)[Si]1(C(C)C)OC[C@H]2O[C@@H](n3ccc(=O)[nH]c3=O)[C@H](OC3Sc4ccccc4S3)[C@@H]2O[Si](C(C)C)(C(C)C)O1. The van der Waals surface area contributed by atoms with Crippen LogP contribution in [0.25, 0.3) is 0 Å². The standard InChI is InChI=1S/C28H42N2O7S2Si2/c1-16(2)40(17(3)4)33-15-20-24(36-41(37-40,18(5)6)19(7)8)25(26(34-20)30-14-13-23(31)29-27(30)32)35-28-38-21-11-9-10-12-22(21)39-28/h9-14,16-20,24-26,28H,15H2,1-8H3,(H,29,31,32)/t20-,24-,25-,26-/m1/s1. The van der Waals surface area contributed by atoms with Crippen LogP contribution in [0.3, 0.4) is 0 Å². The normalized spacial score (nSPS) is 27.8. The number of aromatic amines is 1. The Kier molecular flexibility index (Phi) is 9.21. The van der Waals surface area contributed by atoms with E-state index >= 15 is 0 Å². The van der Waals surface area contributed by atoms with Crippen LogP contribution in [0.4, 0.5) is 0 Å². The topological polar surface area (TPSA) is 101 Å². The van der Waals surface area contributed by atoms with Crippen LogP contribution in [0.1, 0.15) is 61.6 Å². The van der Waals surface area contributed by atoms with Crippen molar-refractivity contribution in [3.63, 3.8) is 0 Å². The lowest BCUT2D eigenvalue weighted by molar-refractivity contribution is -0.0683. The predicted octanol–water partition coefficient (Wildman–Crippen LogP) is 5.96. The van der Waals surface area contributed by atoms with E-state index in [0.29, 0.717) is 0 Å². The van der Waals surface area contributed by atoms with Crippen molar-refractivity contribution >= 4 is 40.6 Å². The first-order chi connectivity index (χ1) is 19.4. The lowest BCUT2D eigenvalue weighted by atomic mass is 10.1. The van der Waals surface area contributed by atoms with Gasteiger partial charge in [-0.2, -0.15) is 0 Å². The van der Waals surface area contributed by atoms with Gasteiger partial charge in [0.15, 0.2) is 11.0 Å². The number of hydrogen-bond donors (Lipinski definition) is 1. The monoisotopic (exact) mass is 638 g/mol. The van der Waals surface area contributed by atoms with Crippen LogP contribution < -0.4 is 11.2 Å². The fraction of sp³-hybridized carbons (Fsp3) is 0.643. The number of rotatable bonds is 7. The fourth-order valence-corrected chi connectivity index (χ4v) is 20.0. The van der Waals surface area contributed by atoms with E-state index in [1.54, 1.807) is 23.5 Å². The van der Waals surface area contributed by atoms with Gasteiger partial charge in [0.1, 0.15) is 18.3 Å². The highest BCUT2D eigenvalue weighted by Crippen LogP contribution is 2.52. The highest BCUT2D eigenvalue weighted by atomic mass is 32.2. The second-order valence-electron chi connectivity index (χ2n) is 12.2. The summed E-state index contributed by atoms with van der Waals surface area (Å²) in [5.74, 6) is 0. The van der Waals surface area contributed by atoms with Crippen molar-refractivity contribution in [2.45, 2.75) is 117 Å². The summed E-state index contributed by atoms with van der Waals surface area (Å²) in [7, 11) is -5.73. The molecule has 2 saturated heterocycles. The van der Waals surface area contributed by atoms with Crippen LogP contribution in [0.2, 0.25) is 22.2 Å². The summed E-state index contributed by atoms with van der Waals surface area (Å²) in [6, 6.07) is 9.53. The highest BCUT2D eigenvalue weighted by molar-refractivity contribution is 8.19. The van der Waals surface area contributed by atoms with Gasteiger partial charge < -0.3 is 22.4 Å². The molecule has 0 saturated carbocycles. The molecule has 2 aromatic rings. The first-order valence-electron chi connectivity index (χ1n) is 14.4. The number of fused-ring (bicyclic) bond motifs is 2. The minimum absolute atomic E-state index is 0.129. The van der Waals surface area contributed by atoms with Crippen molar-refractivity contribution in [3.8, 4) is 0 Å². The minimum Gasteiger partial charge on any atom is -0.414 e. The van der Waals surface area contributed by atoms with Crippen molar-refractivity contribution in [3.05, 3.63) is 57.4 Å². The van der Waals surface area contributed by atoms with Gasteiger partial charge in [0.25, 0.3) is 5.56 Å². The predicted molar refractivity (Wildman–Crippen MR) is 166 cm³/mol. The van der Waals surface area contributed by atoms with E-state index in [-0.39, 0.29) is 33.5 Å². The summed E-state index contributed by atoms with van der Waals surface area (Å²) >= 11 is 3.27. The average Bonchev–Trinajstić information content (AvgIpc) is 3.44. The number of benzene rings is 1. The summed E-state index contributed by atoms with van der Waals surface area (Å²) in [6.45, 7) is 17.7. The van der Waals surface area contributed by atoms with Crippen LogP contribution in [-0.2, 0) is 22.4 Å². The Morgan fingerprint density at radius 2 is 1.49 bits per heavy atom. The van der Waals surface area contributed by atoms with Gasteiger partial charge in [-0.15, -0.1) is 0 Å². The summed E-state index contributed by atoms with van der Waals surface area (Å²) < 4.78 is 36.2. The Hall–Kier alpha value is -1.17. The van der Waals surface area contributed by atoms with E-state index in [0.717, 1.165) is 9.79 Å². The van der Waals surface area contributed by atoms with Crippen molar-refractivity contribution in [2.24, 2.45) is 0 Å². The Morgan fingerprint density at radius 3 is 2.02 bits per heavy atom. The lowest BCUT2D eigenvalue weighted by Gasteiger charge is -2.51. The zero-order chi connectivity index (χ0) is 29.7. The van der Waals surface area contributed by atoms with E-state index in [1.165, 1.54) is 16.8 Å². The molecule has 0 amide bonds. The van der Waals surface area contributed by atoms with Crippen LogP contribution >= 0.6 is 23.5 Å². The number of hydrogen-bond acceptors (Lipinski definition) is 9. The van der Waals surface area contributed by atoms with Crippen LogP contribution in [0, 0.1) is 0 Å². The average molecular weight is 639 g/mol. The molecule has 0 unspecified atom stereocenters. The molecule has 3 aliphatic rings. The molecule has 4 heterocycles. The van der Waals surface area contributed by atoms with Crippen molar-refractivity contribution in [1.82, 2.24) is 9.55 Å². The molecule has 226 valence electrons. The number of H-pyrrole nitrogens is 1. The van der Waals surface area contributed by atoms with Crippen molar-refractivity contribution in [1.29, 1.82) is 0 Å². The molecule has 2 fully saturated rings. The Bertz CT molecular complexity index is 1310. The summed E-state index contributed by atoms with van der Waals surface area (Å²) in [4.78, 5) is 29.6. The second kappa shape index (κ2) is 12.1. The van der Waals surface area contributed by atoms with Gasteiger partial charge >= 0.3 is 22.8 Å². The smallest absolute Gasteiger partial charge is 0.335 e. The van der Waals surface area contributed by atoms with Gasteiger partial charge in [-0.1, -0.05) is 91.0 Å². The molecular formula is C28H42N2O7S2Si2. The van der Waals surface area contributed by atoms with Gasteiger partial charge in [0.05, 0.1) is 6.61 Å². The largest absolute Gasteiger partial charge is 0.414 e. The van der Waals surface area contributed by atoms with Gasteiger partial charge in [0.2, 0.25) is 0 Å². The minimum atomic E-state index is -2.96. The molecule has 3 aliphatic heterocycles. The lowest BCUT2D eigenvalue weighted by Crippen LogP contribution is -2.66. The summed E-state index contributed by atoms with van der Waals surface area (Å²) in [6.07, 6.45) is -1.01. The van der Waals surface area contributed by atoms with Crippen LogP contribution in [-0.4, -0.2) is 56.4 Å². The maximum atomic E-state index is 13.0. The third-order valence-corrected chi connectivity index (χ3v) is 21.1. The quantitative estimate of drug-likeness (QED) is 0.368. The molecule has 0 bridgehead atoms. The number of thioether (sulfide) groups is 2. The van der Waals surface area contributed by atoms with Crippen molar-refractivity contribution < 1.29 is 22.4 Å². The molecule has 13 heteroatoms. The van der Waals surface area contributed by atoms with Crippen LogP contribution in [0.5, 0.6) is 0 Å². The molecular weight excluding hydrogens is 597 g/mol. The number of nitrogens with zero attached hydrogens (tertiary/aromatic N) is 1. The third kappa shape index (κ3) is 5.74. The van der Waals surface area contributed by atoms with E-state index in [2.05, 4.69) is 72.5 Å². The second-order valence-corrected chi connectivity index (χ2v) is 23.6. The molecule has 4 atom stereocenters. The van der Waals surface area contributed by atoms with E-state index in [4.69, 9.17) is 22.4 Å². The van der Waals surface area contributed by atoms with Gasteiger partial charge in [0, 0.05) is 22.1 Å². The Balaban J connectivity index is 1.58. The van der Waals surface area contributed by atoms with E-state index in [9.17, 15) is 9.59 Å². The molecule has 1 aromatic heterocycles. The zero-order valence-corrected chi connectivity index (χ0v) is 28.6. The van der Waals surface area contributed by atoms with Gasteiger partial charge in [-0.05, 0) is 34.3 Å². The first-order valence-corrected chi connectivity index (χ1v) is 20.1. The molecule has 0 radical (unpaired) electrons. The highest BCUT2D eigenvalue weighted by Gasteiger charge is 2.62. The van der Waals surface area contributed by atoms with Crippen molar-refractivity contribution in [2.75, 3.05) is 6.61 Å². The molecule has 1 aromatic carbocycles. The third-order valence-electron chi connectivity index (χ3n) is 8.31. The molecule has 5 rings (SSSR count). The summed E-state index contributed by atoms with van der Waals surface area (Å²) in [5, 5.41) is 0. The van der Waals surface area contributed by atoms with Crippen LogP contribution in [0.15, 0.2) is 55.9 Å². The van der Waals surface area contributed by atoms with Gasteiger partial charge in [-0.25, -0.2) is 4.79 Å². The summed E-state index contributed by atoms with van der Waals surface area (Å²) in [5.41, 5.74) is -0.366. The molecule has 1 N–H and O–H groups in total. The van der Waals surface area contributed by atoms with E-state index < -0.39 is 52.9 Å². The molecule has 0 aliphatic carbocycles. The fourth-order valence-electron chi connectivity index (χ4n) is 6.18. The molecule has 41 heavy (non-hydrogen) atoms. The Labute approximate surface area is 252 Å². The van der Waals surface area contributed by atoms with Gasteiger partial charge in [-0.3, -0.25) is 14.3 Å². The number of ether oxygens (including phenoxy) is 2. The molecule has 9 nitrogen and oxygen atoms in total. The van der Waals surface area contributed by atoms with E-state index in [1.807, 2.05) is 12.1 Å².